The van der Waals surface area contributed by atoms with E-state index in [2.05, 4.69) is 38.1 Å². The Labute approximate surface area is 123 Å². The molecule has 0 N–H and O–H groups in total. The highest BCUT2D eigenvalue weighted by molar-refractivity contribution is 5.69. The van der Waals surface area contributed by atoms with Crippen LogP contribution < -0.4 is 0 Å². The second kappa shape index (κ2) is 10.5. The maximum Gasteiger partial charge on any atom is 0.306 e. The van der Waals surface area contributed by atoms with Gasteiger partial charge in [-0.25, -0.2) is 0 Å². The van der Waals surface area contributed by atoms with Crippen LogP contribution in [0.2, 0.25) is 0 Å². The van der Waals surface area contributed by atoms with Crippen LogP contribution in [0.25, 0.3) is 0 Å². The largest absolute Gasteiger partial charge is 0.461 e. The molecule has 2 nitrogen and oxygen atoms in total. The van der Waals surface area contributed by atoms with E-state index in [4.69, 9.17) is 4.74 Å². The molecule has 0 amide bonds. The molecular weight excluding hydrogens is 248 g/mol. The van der Waals surface area contributed by atoms with E-state index in [1.807, 2.05) is 0 Å². The van der Waals surface area contributed by atoms with Gasteiger partial charge in [0.2, 0.25) is 0 Å². The number of aryl methyl sites for hydroxylation is 1. The molecule has 0 spiro atoms. The lowest BCUT2D eigenvalue weighted by Gasteiger charge is -2.06. The van der Waals surface area contributed by atoms with Gasteiger partial charge in [0, 0.05) is 6.42 Å². The number of rotatable bonds is 10. The van der Waals surface area contributed by atoms with E-state index in [0.717, 1.165) is 31.2 Å². The first-order chi connectivity index (χ1) is 9.76. The molecule has 0 saturated carbocycles. The van der Waals surface area contributed by atoms with Crippen LogP contribution in [0, 0.1) is 0 Å². The minimum absolute atomic E-state index is 0.0702. The molecule has 0 unspecified atom stereocenters. The van der Waals surface area contributed by atoms with Gasteiger partial charge in [0.05, 0.1) is 0 Å². The van der Waals surface area contributed by atoms with Gasteiger partial charge in [-0.15, -0.1) is 0 Å². The fourth-order valence-electron chi connectivity index (χ4n) is 2.20. The zero-order chi connectivity index (χ0) is 14.6. The lowest BCUT2D eigenvalue weighted by molar-refractivity contribution is -0.145. The van der Waals surface area contributed by atoms with Crippen LogP contribution in [-0.4, -0.2) is 5.97 Å². The minimum Gasteiger partial charge on any atom is -0.461 e. The Morgan fingerprint density at radius 1 is 0.900 bits per heavy atom. The van der Waals surface area contributed by atoms with E-state index >= 15 is 0 Å². The quantitative estimate of drug-likeness (QED) is 0.442. The average molecular weight is 276 g/mol. The molecule has 0 fully saturated rings. The zero-order valence-electron chi connectivity index (χ0n) is 13.0. The Bertz CT molecular complexity index is 368. The van der Waals surface area contributed by atoms with Crippen molar-refractivity contribution in [3.8, 4) is 0 Å². The predicted octanol–water partition coefficient (Wildman–Crippen LogP) is 5.04. The second-order valence-corrected chi connectivity index (χ2v) is 5.39. The Morgan fingerprint density at radius 3 is 2.20 bits per heavy atom. The number of carbonyl (C=O) groups is 1. The fourth-order valence-corrected chi connectivity index (χ4v) is 2.20. The Kier molecular flexibility index (Phi) is 8.77. The monoisotopic (exact) mass is 276 g/mol. The van der Waals surface area contributed by atoms with Crippen LogP contribution >= 0.6 is 0 Å². The maximum absolute atomic E-state index is 11.6. The number of hydrogen-bond acceptors (Lipinski definition) is 2. The molecule has 20 heavy (non-hydrogen) atoms. The van der Waals surface area contributed by atoms with Gasteiger partial charge in [0.25, 0.3) is 0 Å². The summed E-state index contributed by atoms with van der Waals surface area (Å²) in [6.45, 7) is 4.77. The molecule has 2 heteroatoms. The standard InChI is InChI=1S/C18H28O2/c1-3-5-6-7-8-10-18(19)20-15-17-13-11-16(9-4-2)12-14-17/h11-14H,3-10,15H2,1-2H3. The summed E-state index contributed by atoms with van der Waals surface area (Å²) in [5.41, 5.74) is 2.42. The van der Waals surface area contributed by atoms with E-state index in [1.165, 1.54) is 24.8 Å². The van der Waals surface area contributed by atoms with E-state index in [1.54, 1.807) is 0 Å². The first-order valence-corrected chi connectivity index (χ1v) is 7.99. The number of ether oxygens (including phenoxy) is 1. The smallest absolute Gasteiger partial charge is 0.306 e. The van der Waals surface area contributed by atoms with Crippen molar-refractivity contribution in [3.05, 3.63) is 35.4 Å². The summed E-state index contributed by atoms with van der Waals surface area (Å²) < 4.78 is 5.30. The van der Waals surface area contributed by atoms with Gasteiger partial charge in [-0.3, -0.25) is 4.79 Å². The fraction of sp³-hybridized carbons (Fsp3) is 0.611. The molecule has 0 bridgehead atoms. The highest BCUT2D eigenvalue weighted by Gasteiger charge is 2.03. The van der Waals surface area contributed by atoms with Crippen molar-refractivity contribution >= 4 is 5.97 Å². The highest BCUT2D eigenvalue weighted by Crippen LogP contribution is 2.10. The van der Waals surface area contributed by atoms with Crippen LogP contribution in [0.5, 0.6) is 0 Å². The number of hydrogen-bond donors (Lipinski definition) is 0. The molecule has 0 heterocycles. The normalized spacial score (nSPS) is 10.5. The van der Waals surface area contributed by atoms with Gasteiger partial charge < -0.3 is 4.74 Å². The van der Waals surface area contributed by atoms with Gasteiger partial charge in [0.1, 0.15) is 6.61 Å². The Morgan fingerprint density at radius 2 is 1.55 bits per heavy atom. The lowest BCUT2D eigenvalue weighted by Crippen LogP contribution is -2.04. The molecular formula is C18H28O2. The van der Waals surface area contributed by atoms with Crippen molar-refractivity contribution in [2.75, 3.05) is 0 Å². The van der Waals surface area contributed by atoms with Gasteiger partial charge in [0.15, 0.2) is 0 Å². The number of esters is 1. The van der Waals surface area contributed by atoms with Crippen LogP contribution in [-0.2, 0) is 22.6 Å². The van der Waals surface area contributed by atoms with Crippen LogP contribution in [0.4, 0.5) is 0 Å². The SMILES string of the molecule is CCCCCCCC(=O)OCc1ccc(CCC)cc1. The third-order valence-corrected chi connectivity index (χ3v) is 3.45. The molecule has 1 aromatic rings. The van der Waals surface area contributed by atoms with Crippen molar-refractivity contribution < 1.29 is 9.53 Å². The van der Waals surface area contributed by atoms with E-state index < -0.39 is 0 Å². The van der Waals surface area contributed by atoms with Crippen molar-refractivity contribution in [2.24, 2.45) is 0 Å². The molecule has 0 atom stereocenters. The van der Waals surface area contributed by atoms with Crippen LogP contribution in [0.1, 0.15) is 69.9 Å². The van der Waals surface area contributed by atoms with Gasteiger partial charge >= 0.3 is 5.97 Å². The molecule has 0 aliphatic heterocycles. The summed E-state index contributed by atoms with van der Waals surface area (Å²) in [7, 11) is 0. The van der Waals surface area contributed by atoms with Crippen LogP contribution in [0.15, 0.2) is 24.3 Å². The van der Waals surface area contributed by atoms with E-state index in [-0.39, 0.29) is 5.97 Å². The van der Waals surface area contributed by atoms with Crippen LogP contribution in [0.3, 0.4) is 0 Å². The zero-order valence-corrected chi connectivity index (χ0v) is 13.0. The maximum atomic E-state index is 11.6. The third-order valence-electron chi connectivity index (χ3n) is 3.45. The summed E-state index contributed by atoms with van der Waals surface area (Å²) >= 11 is 0. The molecule has 0 aromatic heterocycles. The summed E-state index contributed by atoms with van der Waals surface area (Å²) in [6, 6.07) is 8.36. The van der Waals surface area contributed by atoms with Gasteiger partial charge in [-0.05, 0) is 24.0 Å². The van der Waals surface area contributed by atoms with Crippen molar-refractivity contribution in [2.45, 2.75) is 71.8 Å². The summed E-state index contributed by atoms with van der Waals surface area (Å²) in [5.74, 6) is -0.0702. The molecule has 112 valence electrons. The minimum atomic E-state index is -0.0702. The molecule has 1 aromatic carbocycles. The molecule has 0 aliphatic rings. The summed E-state index contributed by atoms with van der Waals surface area (Å²) in [4.78, 5) is 11.6. The summed E-state index contributed by atoms with van der Waals surface area (Å²) in [6.07, 6.45) is 8.63. The second-order valence-electron chi connectivity index (χ2n) is 5.39. The number of benzene rings is 1. The van der Waals surface area contributed by atoms with Crippen molar-refractivity contribution in [1.29, 1.82) is 0 Å². The molecule has 0 radical (unpaired) electrons. The lowest BCUT2D eigenvalue weighted by atomic mass is 10.1. The molecule has 0 saturated heterocycles. The molecule has 1 rings (SSSR count). The number of carbonyl (C=O) groups excluding carboxylic acids is 1. The van der Waals surface area contributed by atoms with E-state index in [9.17, 15) is 4.79 Å². The first kappa shape index (κ1) is 16.7. The highest BCUT2D eigenvalue weighted by atomic mass is 16.5. The first-order valence-electron chi connectivity index (χ1n) is 7.99. The average Bonchev–Trinajstić information content (AvgIpc) is 2.47. The topological polar surface area (TPSA) is 26.3 Å². The molecule has 0 aliphatic carbocycles. The summed E-state index contributed by atoms with van der Waals surface area (Å²) in [5, 5.41) is 0. The Hall–Kier alpha value is -1.31. The Balaban J connectivity index is 2.16. The van der Waals surface area contributed by atoms with Gasteiger partial charge in [-0.2, -0.15) is 0 Å². The van der Waals surface area contributed by atoms with Crippen molar-refractivity contribution in [3.63, 3.8) is 0 Å². The predicted molar refractivity (Wildman–Crippen MR) is 83.6 cm³/mol. The van der Waals surface area contributed by atoms with Gasteiger partial charge in [-0.1, -0.05) is 70.2 Å². The van der Waals surface area contributed by atoms with E-state index in [0.29, 0.717) is 13.0 Å². The van der Waals surface area contributed by atoms with Crippen molar-refractivity contribution in [1.82, 2.24) is 0 Å². The number of unbranched alkanes of at least 4 members (excludes halogenated alkanes) is 4. The third kappa shape index (κ3) is 7.32.